The highest BCUT2D eigenvalue weighted by Crippen LogP contribution is 2.25. The smallest absolute Gasteiger partial charge is 0.325 e. The van der Waals surface area contributed by atoms with E-state index in [9.17, 15) is 111 Å². The van der Waals surface area contributed by atoms with E-state index in [1.807, 2.05) is 20.1 Å². The molecule has 47 heteroatoms. The highest BCUT2D eigenvalue weighted by molar-refractivity contribution is 7.98. The molecule has 2 aliphatic rings. The van der Waals surface area contributed by atoms with Gasteiger partial charge in [-0.1, -0.05) is 120 Å². The van der Waals surface area contributed by atoms with Crippen molar-refractivity contribution in [1.82, 2.24) is 100 Å². The molecule has 2 fully saturated rings. The summed E-state index contributed by atoms with van der Waals surface area (Å²) in [5.74, 6) is -20.5. The van der Waals surface area contributed by atoms with Crippen LogP contribution in [0, 0.1) is 35.5 Å². The Kier molecular flexibility index (Phi) is 51.5. The molecule has 0 spiro atoms. The van der Waals surface area contributed by atoms with Gasteiger partial charge in [-0.05, 0) is 145 Å². The Bertz CT molecular complexity index is 4280. The molecule has 0 saturated carbocycles. The average molecular weight is 1960 g/mol. The molecule has 764 valence electrons. The first-order chi connectivity index (χ1) is 63.7. The molecule has 2 aliphatic heterocycles. The van der Waals surface area contributed by atoms with Gasteiger partial charge in [-0.15, -0.1) is 0 Å². The summed E-state index contributed by atoms with van der Waals surface area (Å²) in [5.41, 5.74) is 12.1. The van der Waals surface area contributed by atoms with Crippen LogP contribution in [0.1, 0.15) is 194 Å². The number of aliphatic hydroxyl groups is 2. The Morgan fingerprint density at radius 2 is 0.794 bits per heavy atom. The van der Waals surface area contributed by atoms with Crippen molar-refractivity contribution in [3.8, 4) is 0 Å². The Labute approximate surface area is 803 Å². The van der Waals surface area contributed by atoms with Gasteiger partial charge in [-0.3, -0.25) is 101 Å². The lowest BCUT2D eigenvalue weighted by molar-refractivity contribution is -0.145. The number of aliphatic carboxylic acids is 1. The third-order valence-corrected chi connectivity index (χ3v) is 23.8. The first-order valence-corrected chi connectivity index (χ1v) is 48.1. The van der Waals surface area contributed by atoms with E-state index in [1.165, 1.54) is 51.3 Å². The molecule has 2 heterocycles. The first-order valence-electron chi connectivity index (χ1n) is 46.1. The topological polar surface area (TPSA) is 682 Å². The zero-order valence-electron chi connectivity index (χ0n) is 81.1. The molecule has 0 radical (unpaired) electrons. The zero-order chi connectivity index (χ0) is 103. The number of carboxylic acids is 1. The normalized spacial score (nSPS) is 17.6. The molecule has 2 saturated heterocycles. The number of aliphatic hydroxyl groups excluding tert-OH is 2. The molecule has 136 heavy (non-hydrogen) atoms. The van der Waals surface area contributed by atoms with Gasteiger partial charge in [0.05, 0.1) is 25.8 Å². The number of nitrogens with zero attached hydrogens (tertiary/aromatic N) is 2. The third-order valence-electron chi connectivity index (χ3n) is 22.8. The van der Waals surface area contributed by atoms with Crippen LogP contribution < -0.4 is 102 Å². The first kappa shape index (κ1) is 119. The van der Waals surface area contributed by atoms with Crippen LogP contribution in [-0.4, -0.2) is 315 Å². The maximum absolute atomic E-state index is 14.6. The Balaban J connectivity index is 1.76. The van der Waals surface area contributed by atoms with Crippen molar-refractivity contribution in [3.05, 3.63) is 35.9 Å². The van der Waals surface area contributed by atoms with E-state index in [4.69, 9.17) is 16.6 Å². The van der Waals surface area contributed by atoms with E-state index in [0.29, 0.717) is 30.6 Å². The van der Waals surface area contributed by atoms with Crippen LogP contribution >= 0.6 is 24.4 Å². The average Bonchev–Trinajstić information content (AvgIpc) is 1.64. The SMILES string of the molecule is CC[C@H](C)[C@H](NC(=O)[C@@H]1CCCN1C(=O)[C@H](CO)NC(=O)[C@H](CO)NC(=O)[C@H](CCC(N)=O)NC(=O)[C@H](Cc1ccccc1)NC(=O)[C@H](C)NC(=O)[C@@H](NC(=O)[C@H](C)NC(=O)[C@H](CC(C)C)NC(=O)[C@H](CC(C)C)NC(=O)[C@@H](NC(=O)[C@H](CS)NC(=O)[C@H](CC(C)C)NC(=O)[C@@H](N)CCSC)C(C)C)C(C)C)C(=O)N1CCC[C@H]1C(=O)NCC(=O)N[C@@H](C)C(=O)N[C@@H](C)C(=O)N[C@@H](C)C(=O)O. The van der Waals surface area contributed by atoms with Gasteiger partial charge in [-0.25, -0.2) is 0 Å². The molecule has 0 unspecified atom stereocenters. The van der Waals surface area contributed by atoms with E-state index >= 15 is 0 Å². The molecular formula is C89H147N21O24S2. The van der Waals surface area contributed by atoms with Crippen LogP contribution in [0.5, 0.6) is 0 Å². The molecule has 20 amide bonds. The van der Waals surface area contributed by atoms with Crippen LogP contribution in [0.2, 0.25) is 0 Å². The number of carboxylic acid groups (broad SMARTS) is 1. The summed E-state index contributed by atoms with van der Waals surface area (Å²) in [6.45, 7) is 24.2. The number of rotatable bonds is 58. The number of nitrogens with two attached hydrogens (primary N) is 2. The third kappa shape index (κ3) is 39.4. The molecule has 1 aromatic rings. The van der Waals surface area contributed by atoms with Crippen LogP contribution in [0.25, 0.3) is 0 Å². The summed E-state index contributed by atoms with van der Waals surface area (Å²) in [6.07, 6.45) is 2.27. The number of hydrogen-bond acceptors (Lipinski definition) is 26. The minimum atomic E-state index is -1.95. The number of nitrogens with one attached hydrogen (secondary N) is 17. The fourth-order valence-electron chi connectivity index (χ4n) is 14.6. The van der Waals surface area contributed by atoms with Crippen molar-refractivity contribution in [2.24, 2.45) is 47.0 Å². The number of carbonyl (C=O) groups excluding carboxylic acids is 20. The molecule has 0 bridgehead atoms. The second-order valence-electron chi connectivity index (χ2n) is 36.5. The molecule has 1 aromatic carbocycles. The predicted octanol–water partition coefficient (Wildman–Crippen LogP) is -4.98. The van der Waals surface area contributed by atoms with E-state index < -0.39 is 289 Å². The Hall–Kier alpha value is -11.3. The fourth-order valence-corrected chi connectivity index (χ4v) is 15.3. The largest absolute Gasteiger partial charge is 0.480 e. The molecule has 0 aromatic heterocycles. The Morgan fingerprint density at radius 1 is 0.419 bits per heavy atom. The maximum Gasteiger partial charge on any atom is 0.325 e. The molecule has 20 atom stereocenters. The molecule has 3 rings (SSSR count). The van der Waals surface area contributed by atoms with Crippen molar-refractivity contribution in [2.75, 3.05) is 50.6 Å². The van der Waals surface area contributed by atoms with Gasteiger partial charge in [0.1, 0.15) is 109 Å². The summed E-state index contributed by atoms with van der Waals surface area (Å²) >= 11 is 5.82. The van der Waals surface area contributed by atoms with Crippen molar-refractivity contribution in [3.63, 3.8) is 0 Å². The van der Waals surface area contributed by atoms with Gasteiger partial charge in [-0.2, -0.15) is 24.4 Å². The number of amides is 20. The van der Waals surface area contributed by atoms with E-state index in [-0.39, 0.29) is 81.5 Å². The second kappa shape index (κ2) is 59.0. The number of likely N-dealkylation sites (tertiary alicyclic amines) is 2. The number of hydrogen-bond donors (Lipinski definition) is 23. The van der Waals surface area contributed by atoms with Crippen molar-refractivity contribution >= 4 is 149 Å². The lowest BCUT2D eigenvalue weighted by Crippen LogP contribution is -2.62. The minimum Gasteiger partial charge on any atom is -0.480 e. The summed E-state index contributed by atoms with van der Waals surface area (Å²) in [4.78, 5) is 290. The van der Waals surface area contributed by atoms with Crippen LogP contribution in [0.15, 0.2) is 30.3 Å². The number of thiol groups is 1. The number of thioether (sulfide) groups is 1. The maximum atomic E-state index is 14.6. The quantitative estimate of drug-likeness (QED) is 0.0272. The monoisotopic (exact) mass is 1960 g/mol. The van der Waals surface area contributed by atoms with Crippen molar-refractivity contribution < 1.29 is 116 Å². The van der Waals surface area contributed by atoms with Crippen LogP contribution in [0.3, 0.4) is 0 Å². The van der Waals surface area contributed by atoms with Crippen molar-refractivity contribution in [1.29, 1.82) is 0 Å². The fraction of sp³-hybridized carbons (Fsp3) is 0.697. The minimum absolute atomic E-state index is 0.0310. The number of carbonyl (C=O) groups is 21. The lowest BCUT2D eigenvalue weighted by atomic mass is 9.96. The zero-order valence-corrected chi connectivity index (χ0v) is 82.8. The van der Waals surface area contributed by atoms with E-state index in [2.05, 4.69) is 103 Å². The lowest BCUT2D eigenvalue weighted by Gasteiger charge is -2.33. The highest BCUT2D eigenvalue weighted by atomic mass is 32.2. The van der Waals surface area contributed by atoms with Gasteiger partial charge in [0.2, 0.25) is 118 Å². The summed E-state index contributed by atoms with van der Waals surface area (Å²) < 4.78 is 0. The molecule has 24 N–H and O–H groups in total. The van der Waals surface area contributed by atoms with E-state index in [0.717, 1.165) is 4.90 Å². The van der Waals surface area contributed by atoms with Gasteiger partial charge < -0.3 is 127 Å². The van der Waals surface area contributed by atoms with E-state index in [1.54, 1.807) is 99.6 Å². The highest BCUT2D eigenvalue weighted by Gasteiger charge is 2.45. The second-order valence-corrected chi connectivity index (χ2v) is 37.8. The molecule has 45 nitrogen and oxygen atoms in total. The van der Waals surface area contributed by atoms with Crippen LogP contribution in [-0.2, 0) is 107 Å². The molecular weight excluding hydrogens is 1810 g/mol. The number of benzene rings is 1. The van der Waals surface area contributed by atoms with Gasteiger partial charge in [0.15, 0.2) is 0 Å². The van der Waals surface area contributed by atoms with Crippen molar-refractivity contribution in [2.45, 2.75) is 310 Å². The molecule has 0 aliphatic carbocycles. The Morgan fingerprint density at radius 3 is 1.27 bits per heavy atom. The number of primary amides is 1. The summed E-state index contributed by atoms with van der Waals surface area (Å²) in [7, 11) is 0. The standard InChI is InChI=1S/C89H147N21O24S2/c1-19-48(12)70(88(132)110-33-23-27-64(110)83(127)92-39-67(114)93-49(13)71(115)94-50(14)72(116)97-53(17)89(133)134)108-84(128)65-28-24-32-109(65)87(131)62(41-112)104-81(125)61(40-111)103-76(120)56(29-30-66(91)113)98-80(124)60(38-54-25-21-20-22-26-54)99-73(117)51(15)96-85(129)68(46(8)9)106-74(118)52(16)95-77(121)57(35-43(2)3)101-78(122)59(37-45(6)7)102-86(130)69(47(10)11)107-82(126)63(42-135)105-79(123)58(36-44(4)5)100-75(119)55(90)31-34-136-18/h20-22,25-26,43-53,55-65,68-70,111-112,135H,19,23-24,27-42,90H2,1-18H3,(H2,91,113)(H,92,127)(H,93,114)(H,94,115)(H,95,121)(H,96,129)(H,97,116)(H,98,124)(H,99,117)(H,100,119)(H,101,122)(H,102,130)(H,103,120)(H,104,125)(H,105,123)(H,106,118)(H,107,126)(H,108,128)(H,133,134)/t48-,49-,50-,51-,52-,53-,55-,56-,57-,58-,59-,60-,61-,62-,63-,64-,65-,68-,69-,70-/m0/s1. The summed E-state index contributed by atoms with van der Waals surface area (Å²) in [5, 5.41) is 73.2. The van der Waals surface area contributed by atoms with Gasteiger partial charge in [0.25, 0.3) is 0 Å². The van der Waals surface area contributed by atoms with Crippen LogP contribution in [0.4, 0.5) is 0 Å². The van der Waals surface area contributed by atoms with Gasteiger partial charge >= 0.3 is 5.97 Å². The summed E-state index contributed by atoms with van der Waals surface area (Å²) in [6, 6.07) is -17.6. The van der Waals surface area contributed by atoms with Gasteiger partial charge in [0, 0.05) is 31.7 Å². The predicted molar refractivity (Wildman–Crippen MR) is 504 cm³/mol.